The highest BCUT2D eigenvalue weighted by atomic mass is 16.3. The van der Waals surface area contributed by atoms with Gasteiger partial charge < -0.3 is 15.5 Å². The zero-order chi connectivity index (χ0) is 13.5. The largest absolute Gasteiger partial charge is 0.395 e. The smallest absolute Gasteiger partial charge is 0.0640 e. The van der Waals surface area contributed by atoms with Crippen molar-refractivity contribution in [3.63, 3.8) is 0 Å². The van der Waals surface area contributed by atoms with Crippen LogP contribution in [0.25, 0.3) is 0 Å². The minimum Gasteiger partial charge on any atom is -0.395 e. The lowest BCUT2D eigenvalue weighted by molar-refractivity contribution is 0.179. The maximum absolute atomic E-state index is 9.16. The second-order valence-electron chi connectivity index (χ2n) is 5.09. The molecule has 1 aromatic rings. The number of aliphatic hydroxyl groups is 2. The normalized spacial score (nSPS) is 19.4. The van der Waals surface area contributed by atoms with Crippen molar-refractivity contribution in [2.75, 3.05) is 32.8 Å². The number of rotatable bonds is 8. The summed E-state index contributed by atoms with van der Waals surface area (Å²) in [5.74, 6) is 0. The van der Waals surface area contributed by atoms with Crippen LogP contribution < -0.4 is 5.32 Å². The van der Waals surface area contributed by atoms with Gasteiger partial charge in [-0.05, 0) is 19.4 Å². The van der Waals surface area contributed by atoms with E-state index in [0.29, 0.717) is 19.1 Å². The van der Waals surface area contributed by atoms with E-state index < -0.39 is 0 Å². The van der Waals surface area contributed by atoms with E-state index in [1.807, 2.05) is 12.4 Å². The Hall–Kier alpha value is -0.950. The van der Waals surface area contributed by atoms with E-state index in [1.54, 1.807) is 4.68 Å². The van der Waals surface area contributed by atoms with Crippen LogP contribution >= 0.6 is 0 Å². The molecular weight excluding hydrogens is 244 g/mol. The molecule has 1 aromatic heterocycles. The Balaban J connectivity index is 1.86. The first-order valence-corrected chi connectivity index (χ1v) is 7.00. The molecule has 0 bridgehead atoms. The van der Waals surface area contributed by atoms with Gasteiger partial charge in [-0.2, -0.15) is 5.10 Å². The molecule has 3 N–H and O–H groups in total. The molecule has 1 atom stereocenters. The number of aliphatic hydroxyl groups excluding tert-OH is 2. The minimum absolute atomic E-state index is 0.105. The van der Waals surface area contributed by atoms with Crippen molar-refractivity contribution in [1.29, 1.82) is 0 Å². The van der Waals surface area contributed by atoms with Gasteiger partial charge in [-0.15, -0.1) is 0 Å². The Morgan fingerprint density at radius 1 is 1.42 bits per heavy atom. The molecule has 0 spiro atoms. The van der Waals surface area contributed by atoms with Crippen LogP contribution in [0.5, 0.6) is 0 Å². The Morgan fingerprint density at radius 2 is 2.32 bits per heavy atom. The second kappa shape index (κ2) is 7.59. The van der Waals surface area contributed by atoms with E-state index in [-0.39, 0.29) is 13.2 Å². The predicted octanol–water partition coefficient (Wildman–Crippen LogP) is -0.578. The molecule has 1 aliphatic rings. The first kappa shape index (κ1) is 14.5. The van der Waals surface area contributed by atoms with Gasteiger partial charge in [0.05, 0.1) is 26.0 Å². The van der Waals surface area contributed by atoms with E-state index in [1.165, 1.54) is 12.8 Å². The van der Waals surface area contributed by atoms with Crippen molar-refractivity contribution >= 4 is 0 Å². The van der Waals surface area contributed by atoms with Crippen molar-refractivity contribution < 1.29 is 10.2 Å². The first-order valence-electron chi connectivity index (χ1n) is 7.00. The highest BCUT2D eigenvalue weighted by Gasteiger charge is 2.18. The molecule has 1 saturated heterocycles. The number of aromatic nitrogens is 2. The van der Waals surface area contributed by atoms with E-state index in [0.717, 1.165) is 25.2 Å². The van der Waals surface area contributed by atoms with Crippen molar-refractivity contribution in [1.82, 2.24) is 20.0 Å². The quantitative estimate of drug-likeness (QED) is 0.588. The molecule has 1 fully saturated rings. The summed E-state index contributed by atoms with van der Waals surface area (Å²) in [5.41, 5.74) is 1.12. The molecule has 2 heterocycles. The molecule has 6 heteroatoms. The van der Waals surface area contributed by atoms with Gasteiger partial charge in [0.1, 0.15) is 0 Å². The Bertz CT molecular complexity index is 363. The lowest BCUT2D eigenvalue weighted by atomic mass is 10.2. The van der Waals surface area contributed by atoms with Crippen LogP contribution in [0.15, 0.2) is 12.4 Å². The summed E-state index contributed by atoms with van der Waals surface area (Å²) in [6.07, 6.45) is 6.25. The van der Waals surface area contributed by atoms with Crippen molar-refractivity contribution in [2.24, 2.45) is 0 Å². The standard InChI is InChI=1S/C13H24N4O2/c18-6-4-16(11-13-2-1-3-14-13)9-12-8-15-17(10-12)5-7-19/h8,10,13-14,18-19H,1-7,9,11H2. The Labute approximate surface area is 114 Å². The molecule has 0 saturated carbocycles. The summed E-state index contributed by atoms with van der Waals surface area (Å²) >= 11 is 0. The van der Waals surface area contributed by atoms with E-state index >= 15 is 0 Å². The molecular formula is C13H24N4O2. The van der Waals surface area contributed by atoms with Crippen LogP contribution in [0.3, 0.4) is 0 Å². The minimum atomic E-state index is 0.105. The number of hydrogen-bond acceptors (Lipinski definition) is 5. The van der Waals surface area contributed by atoms with Crippen molar-refractivity contribution in [2.45, 2.75) is 32.0 Å². The zero-order valence-corrected chi connectivity index (χ0v) is 11.3. The second-order valence-corrected chi connectivity index (χ2v) is 5.09. The lowest BCUT2D eigenvalue weighted by Gasteiger charge is -2.24. The highest BCUT2D eigenvalue weighted by molar-refractivity contribution is 5.03. The van der Waals surface area contributed by atoms with Crippen LogP contribution in [0, 0.1) is 0 Å². The maximum Gasteiger partial charge on any atom is 0.0640 e. The fourth-order valence-corrected chi connectivity index (χ4v) is 2.57. The molecule has 1 aliphatic heterocycles. The van der Waals surface area contributed by atoms with Gasteiger partial charge in [0.15, 0.2) is 0 Å². The van der Waals surface area contributed by atoms with Gasteiger partial charge in [0.25, 0.3) is 0 Å². The average molecular weight is 268 g/mol. The molecule has 0 aromatic carbocycles. The summed E-state index contributed by atoms with van der Waals surface area (Å²) in [6, 6.07) is 0.541. The molecule has 0 radical (unpaired) electrons. The van der Waals surface area contributed by atoms with Crippen molar-refractivity contribution in [3.8, 4) is 0 Å². The number of nitrogens with one attached hydrogen (secondary N) is 1. The van der Waals surface area contributed by atoms with E-state index in [4.69, 9.17) is 10.2 Å². The Kier molecular flexibility index (Phi) is 5.78. The monoisotopic (exact) mass is 268 g/mol. The summed E-state index contributed by atoms with van der Waals surface area (Å²) < 4.78 is 1.75. The summed E-state index contributed by atoms with van der Waals surface area (Å²) in [4.78, 5) is 2.25. The SMILES string of the molecule is OCCN(Cc1cnn(CCO)c1)CC1CCCN1. The number of nitrogens with zero attached hydrogens (tertiary/aromatic N) is 3. The molecule has 0 amide bonds. The van der Waals surface area contributed by atoms with Crippen LogP contribution in [0.1, 0.15) is 18.4 Å². The topological polar surface area (TPSA) is 73.5 Å². The number of hydrogen-bond donors (Lipinski definition) is 3. The third-order valence-electron chi connectivity index (χ3n) is 3.48. The van der Waals surface area contributed by atoms with Gasteiger partial charge in [0.2, 0.25) is 0 Å². The van der Waals surface area contributed by atoms with Crippen molar-refractivity contribution in [3.05, 3.63) is 18.0 Å². The molecule has 0 aliphatic carbocycles. The summed E-state index contributed by atoms with van der Waals surface area (Å²) in [5, 5.41) is 25.7. The van der Waals surface area contributed by atoms with E-state index in [9.17, 15) is 0 Å². The fraction of sp³-hybridized carbons (Fsp3) is 0.769. The first-order chi connectivity index (χ1) is 9.31. The predicted molar refractivity (Wildman–Crippen MR) is 72.7 cm³/mol. The lowest BCUT2D eigenvalue weighted by Crippen LogP contribution is -2.38. The highest BCUT2D eigenvalue weighted by Crippen LogP contribution is 2.10. The van der Waals surface area contributed by atoms with Gasteiger partial charge in [0, 0.05) is 37.4 Å². The zero-order valence-electron chi connectivity index (χ0n) is 11.3. The fourth-order valence-electron chi connectivity index (χ4n) is 2.57. The summed E-state index contributed by atoms with van der Waals surface area (Å²) in [7, 11) is 0. The van der Waals surface area contributed by atoms with Crippen LogP contribution in [-0.4, -0.2) is 63.8 Å². The molecule has 2 rings (SSSR count). The molecule has 6 nitrogen and oxygen atoms in total. The maximum atomic E-state index is 9.16. The average Bonchev–Trinajstić information content (AvgIpc) is 3.02. The van der Waals surface area contributed by atoms with Crippen LogP contribution in [0.4, 0.5) is 0 Å². The van der Waals surface area contributed by atoms with Crippen LogP contribution in [-0.2, 0) is 13.1 Å². The molecule has 19 heavy (non-hydrogen) atoms. The molecule has 108 valence electrons. The van der Waals surface area contributed by atoms with Gasteiger partial charge in [-0.25, -0.2) is 0 Å². The van der Waals surface area contributed by atoms with Crippen LogP contribution in [0.2, 0.25) is 0 Å². The third kappa shape index (κ3) is 4.58. The van der Waals surface area contributed by atoms with Gasteiger partial charge in [-0.1, -0.05) is 0 Å². The Morgan fingerprint density at radius 3 is 3.00 bits per heavy atom. The van der Waals surface area contributed by atoms with Gasteiger partial charge >= 0.3 is 0 Å². The van der Waals surface area contributed by atoms with E-state index in [2.05, 4.69) is 15.3 Å². The van der Waals surface area contributed by atoms with Gasteiger partial charge in [-0.3, -0.25) is 9.58 Å². The molecule has 1 unspecified atom stereocenters. The third-order valence-corrected chi connectivity index (χ3v) is 3.48. The summed E-state index contributed by atoms with van der Waals surface area (Å²) in [6.45, 7) is 4.36.